The SMILES string of the molecule is COc1ccc(COCc2cc(C(O)c3ccc(C(C)O[Si](C)(C)C(C)(C)C)s3)ccc2C)cc1. The van der Waals surface area contributed by atoms with Gasteiger partial charge in [-0.05, 0) is 78.5 Å². The van der Waals surface area contributed by atoms with Crippen molar-refractivity contribution >= 4 is 19.7 Å². The molecule has 0 bridgehead atoms. The lowest BCUT2D eigenvalue weighted by Gasteiger charge is -2.38. The summed E-state index contributed by atoms with van der Waals surface area (Å²) in [5.41, 5.74) is 4.21. The molecule has 35 heavy (non-hydrogen) atoms. The van der Waals surface area contributed by atoms with E-state index in [9.17, 15) is 5.11 Å². The van der Waals surface area contributed by atoms with Crippen molar-refractivity contribution in [1.82, 2.24) is 0 Å². The molecule has 1 aromatic heterocycles. The van der Waals surface area contributed by atoms with Crippen molar-refractivity contribution in [2.45, 2.75) is 78.2 Å². The molecule has 0 aliphatic heterocycles. The van der Waals surface area contributed by atoms with Crippen LogP contribution in [-0.4, -0.2) is 20.5 Å². The van der Waals surface area contributed by atoms with Gasteiger partial charge in [0.15, 0.2) is 8.32 Å². The predicted octanol–water partition coefficient (Wildman–Crippen LogP) is 7.95. The maximum atomic E-state index is 11.1. The average Bonchev–Trinajstić information content (AvgIpc) is 3.30. The molecular weight excluding hydrogens is 472 g/mol. The van der Waals surface area contributed by atoms with Crippen LogP contribution in [0.5, 0.6) is 5.75 Å². The molecule has 1 heterocycles. The number of aliphatic hydroxyl groups is 1. The lowest BCUT2D eigenvalue weighted by molar-refractivity contribution is 0.106. The number of aliphatic hydroxyl groups excluding tert-OH is 1. The number of aryl methyl sites for hydroxylation is 1. The van der Waals surface area contributed by atoms with E-state index in [-0.39, 0.29) is 11.1 Å². The van der Waals surface area contributed by atoms with Crippen molar-refractivity contribution < 1.29 is 19.0 Å². The monoisotopic (exact) mass is 512 g/mol. The van der Waals surface area contributed by atoms with Crippen molar-refractivity contribution in [3.05, 3.63) is 86.6 Å². The van der Waals surface area contributed by atoms with Gasteiger partial charge in [-0.3, -0.25) is 0 Å². The Morgan fingerprint density at radius 3 is 2.23 bits per heavy atom. The van der Waals surface area contributed by atoms with Crippen LogP contribution in [-0.2, 0) is 22.4 Å². The van der Waals surface area contributed by atoms with Gasteiger partial charge in [-0.25, -0.2) is 0 Å². The molecular formula is C29H40O4SSi. The minimum atomic E-state index is -1.86. The zero-order valence-electron chi connectivity index (χ0n) is 22.3. The summed E-state index contributed by atoms with van der Waals surface area (Å²) in [6, 6.07) is 18.1. The van der Waals surface area contributed by atoms with Gasteiger partial charge in [0.2, 0.25) is 0 Å². The number of hydrogen-bond acceptors (Lipinski definition) is 5. The molecule has 0 amide bonds. The summed E-state index contributed by atoms with van der Waals surface area (Å²) >= 11 is 1.63. The summed E-state index contributed by atoms with van der Waals surface area (Å²) in [6.07, 6.45) is -0.656. The van der Waals surface area contributed by atoms with Gasteiger partial charge in [0.05, 0.1) is 26.4 Å². The number of benzene rings is 2. The molecule has 4 nitrogen and oxygen atoms in total. The van der Waals surface area contributed by atoms with E-state index in [1.807, 2.05) is 36.4 Å². The van der Waals surface area contributed by atoms with Crippen molar-refractivity contribution in [2.75, 3.05) is 7.11 Å². The third kappa shape index (κ3) is 7.05. The standard InChI is InChI=1S/C29H40O4SSi/c1-20-9-12-23(17-24(20)19-32-18-22-10-13-25(31-6)14-11-22)28(30)27-16-15-26(34-27)21(2)33-35(7,8)29(3,4)5/h9-17,21,28,30H,18-19H2,1-8H3. The van der Waals surface area contributed by atoms with E-state index in [4.69, 9.17) is 13.9 Å². The fourth-order valence-electron chi connectivity index (χ4n) is 3.59. The molecule has 0 spiro atoms. The first-order valence-electron chi connectivity index (χ1n) is 12.2. The third-order valence-corrected chi connectivity index (χ3v) is 12.8. The number of hydrogen-bond donors (Lipinski definition) is 1. The highest BCUT2D eigenvalue weighted by Gasteiger charge is 2.38. The molecule has 0 saturated carbocycles. The van der Waals surface area contributed by atoms with Crippen LogP contribution in [0.3, 0.4) is 0 Å². The van der Waals surface area contributed by atoms with E-state index in [0.717, 1.165) is 37.8 Å². The van der Waals surface area contributed by atoms with Crippen LogP contribution in [0.2, 0.25) is 18.1 Å². The van der Waals surface area contributed by atoms with Crippen molar-refractivity contribution in [3.63, 3.8) is 0 Å². The van der Waals surface area contributed by atoms with Gasteiger partial charge < -0.3 is 19.0 Å². The fourth-order valence-corrected chi connectivity index (χ4v) is 6.05. The Morgan fingerprint density at radius 1 is 0.943 bits per heavy atom. The normalized spacial score (nSPS) is 14.1. The van der Waals surface area contributed by atoms with E-state index in [0.29, 0.717) is 13.2 Å². The summed E-state index contributed by atoms with van der Waals surface area (Å²) in [6.45, 7) is 16.5. The summed E-state index contributed by atoms with van der Waals surface area (Å²) < 4.78 is 17.7. The van der Waals surface area contributed by atoms with Gasteiger partial charge in [-0.15, -0.1) is 11.3 Å². The van der Waals surface area contributed by atoms with E-state index in [2.05, 4.69) is 65.9 Å². The first-order valence-corrected chi connectivity index (χ1v) is 15.9. The summed E-state index contributed by atoms with van der Waals surface area (Å²) in [5, 5.41) is 11.3. The molecule has 1 N–H and O–H groups in total. The molecule has 0 radical (unpaired) electrons. The number of thiophene rings is 1. The van der Waals surface area contributed by atoms with E-state index >= 15 is 0 Å². The Labute approximate surface area is 216 Å². The Bertz CT molecular complexity index is 1100. The Balaban J connectivity index is 1.66. The maximum Gasteiger partial charge on any atom is 0.192 e. The van der Waals surface area contributed by atoms with Crippen molar-refractivity contribution in [2.24, 2.45) is 0 Å². The lowest BCUT2D eigenvalue weighted by Crippen LogP contribution is -2.41. The second kappa shape index (κ2) is 11.4. The first kappa shape index (κ1) is 27.6. The van der Waals surface area contributed by atoms with Gasteiger partial charge >= 0.3 is 0 Å². The second-order valence-corrected chi connectivity index (χ2v) is 16.6. The highest BCUT2D eigenvalue weighted by atomic mass is 32.1. The molecule has 0 fully saturated rings. The zero-order chi connectivity index (χ0) is 25.8. The Morgan fingerprint density at radius 2 is 1.60 bits per heavy atom. The van der Waals surface area contributed by atoms with Crippen LogP contribution in [0.25, 0.3) is 0 Å². The van der Waals surface area contributed by atoms with Crippen molar-refractivity contribution in [3.8, 4) is 5.75 Å². The molecule has 2 atom stereocenters. The van der Waals surface area contributed by atoms with Gasteiger partial charge in [-0.1, -0.05) is 51.1 Å². The Kier molecular flexibility index (Phi) is 8.99. The number of ether oxygens (including phenoxy) is 2. The van der Waals surface area contributed by atoms with Crippen LogP contribution in [0.4, 0.5) is 0 Å². The van der Waals surface area contributed by atoms with Gasteiger partial charge in [0.1, 0.15) is 11.9 Å². The second-order valence-electron chi connectivity index (χ2n) is 10.7. The van der Waals surface area contributed by atoms with Crippen LogP contribution < -0.4 is 4.74 Å². The largest absolute Gasteiger partial charge is 0.497 e. The number of methoxy groups -OCH3 is 1. The number of rotatable bonds is 10. The van der Waals surface area contributed by atoms with Gasteiger partial charge in [0.25, 0.3) is 0 Å². The quantitative estimate of drug-likeness (QED) is 0.280. The first-order chi connectivity index (χ1) is 16.4. The molecule has 0 saturated heterocycles. The zero-order valence-corrected chi connectivity index (χ0v) is 24.2. The van der Waals surface area contributed by atoms with Gasteiger partial charge in [-0.2, -0.15) is 0 Å². The van der Waals surface area contributed by atoms with Crippen LogP contribution >= 0.6 is 11.3 Å². The summed E-state index contributed by atoms with van der Waals surface area (Å²) in [7, 11) is -0.202. The highest BCUT2D eigenvalue weighted by molar-refractivity contribution is 7.12. The third-order valence-electron chi connectivity index (χ3n) is 6.97. The topological polar surface area (TPSA) is 47.9 Å². The van der Waals surface area contributed by atoms with E-state index < -0.39 is 14.4 Å². The molecule has 0 aliphatic carbocycles. The van der Waals surface area contributed by atoms with E-state index in [1.54, 1.807) is 18.4 Å². The van der Waals surface area contributed by atoms with Crippen LogP contribution in [0.15, 0.2) is 54.6 Å². The molecule has 2 aromatic carbocycles. The predicted molar refractivity (Wildman–Crippen MR) is 148 cm³/mol. The smallest absolute Gasteiger partial charge is 0.192 e. The molecule has 2 unspecified atom stereocenters. The van der Waals surface area contributed by atoms with E-state index in [1.165, 1.54) is 0 Å². The maximum absolute atomic E-state index is 11.1. The highest BCUT2D eigenvalue weighted by Crippen LogP contribution is 2.41. The molecule has 6 heteroatoms. The van der Waals surface area contributed by atoms with Crippen LogP contribution in [0.1, 0.15) is 71.9 Å². The van der Waals surface area contributed by atoms with Gasteiger partial charge in [0, 0.05) is 9.75 Å². The summed E-state index contributed by atoms with van der Waals surface area (Å²) in [5.74, 6) is 0.837. The minimum absolute atomic E-state index is 0.0155. The molecule has 3 rings (SSSR count). The van der Waals surface area contributed by atoms with Crippen molar-refractivity contribution in [1.29, 1.82) is 0 Å². The van der Waals surface area contributed by atoms with Crippen LogP contribution in [0, 0.1) is 6.92 Å². The minimum Gasteiger partial charge on any atom is -0.497 e. The Hall–Kier alpha value is -1.96. The fraction of sp³-hybridized carbons (Fsp3) is 0.448. The lowest BCUT2D eigenvalue weighted by atomic mass is 10.0. The molecule has 190 valence electrons. The molecule has 3 aromatic rings. The average molecular weight is 513 g/mol. The summed E-state index contributed by atoms with van der Waals surface area (Å²) in [4.78, 5) is 2.08. The molecule has 0 aliphatic rings.